The van der Waals surface area contributed by atoms with Gasteiger partial charge in [-0.25, -0.2) is 0 Å². The molecule has 2 aliphatic rings. The van der Waals surface area contributed by atoms with Gasteiger partial charge in [0.15, 0.2) is 0 Å². The lowest BCUT2D eigenvalue weighted by molar-refractivity contribution is -0.127. The van der Waals surface area contributed by atoms with Crippen LogP contribution >= 0.6 is 0 Å². The first-order chi connectivity index (χ1) is 13.1. The minimum Gasteiger partial charge on any atom is -0.352 e. The van der Waals surface area contributed by atoms with E-state index >= 15 is 0 Å². The zero-order valence-corrected chi connectivity index (χ0v) is 16.0. The first-order valence-electron chi connectivity index (χ1n) is 9.75. The van der Waals surface area contributed by atoms with E-state index < -0.39 is 0 Å². The monoisotopic (exact) mass is 364 g/mol. The molecule has 1 aromatic carbocycles. The van der Waals surface area contributed by atoms with Crippen LogP contribution in [0.15, 0.2) is 65.8 Å². The molecule has 1 aromatic rings. The average Bonchev–Trinajstić information content (AvgIpc) is 3.17. The maximum absolute atomic E-state index is 12.9. The molecule has 142 valence electrons. The third kappa shape index (κ3) is 4.76. The Bertz CT molecular complexity index is 777. The lowest BCUT2D eigenvalue weighted by atomic mass is 9.93. The van der Waals surface area contributed by atoms with Crippen LogP contribution in [0.1, 0.15) is 49.4 Å². The number of nitrogens with zero attached hydrogens (tertiary/aromatic N) is 1. The summed E-state index contributed by atoms with van der Waals surface area (Å²) in [6.07, 6.45) is 9.12. The van der Waals surface area contributed by atoms with E-state index in [2.05, 4.69) is 31.0 Å². The Balaban J connectivity index is 1.53. The van der Waals surface area contributed by atoms with Crippen molar-refractivity contribution in [3.63, 3.8) is 0 Å². The Kier molecular flexibility index (Phi) is 6.28. The summed E-state index contributed by atoms with van der Waals surface area (Å²) >= 11 is 0. The van der Waals surface area contributed by atoms with Gasteiger partial charge in [-0.1, -0.05) is 42.5 Å². The molecule has 1 saturated heterocycles. The molecule has 1 N–H and O–H groups in total. The molecule has 0 bridgehead atoms. The van der Waals surface area contributed by atoms with Crippen LogP contribution in [0.5, 0.6) is 0 Å². The molecule has 1 atom stereocenters. The lowest BCUT2D eigenvalue weighted by Gasteiger charge is -2.29. The highest BCUT2D eigenvalue weighted by Gasteiger charge is 2.32. The number of rotatable bonds is 6. The summed E-state index contributed by atoms with van der Waals surface area (Å²) in [6, 6.07) is 9.31. The van der Waals surface area contributed by atoms with E-state index in [1.165, 1.54) is 11.1 Å². The lowest BCUT2D eigenvalue weighted by Crippen LogP contribution is -2.38. The van der Waals surface area contributed by atoms with E-state index in [0.717, 1.165) is 32.2 Å². The van der Waals surface area contributed by atoms with E-state index in [0.29, 0.717) is 24.1 Å². The van der Waals surface area contributed by atoms with Crippen molar-refractivity contribution in [2.75, 3.05) is 13.1 Å². The molecule has 1 aliphatic carbocycles. The third-order valence-electron chi connectivity index (χ3n) is 5.30. The van der Waals surface area contributed by atoms with Crippen LogP contribution < -0.4 is 5.32 Å². The summed E-state index contributed by atoms with van der Waals surface area (Å²) in [5, 5.41) is 2.87. The highest BCUT2D eigenvalue weighted by Crippen LogP contribution is 2.31. The number of hydrogen-bond donors (Lipinski definition) is 1. The van der Waals surface area contributed by atoms with Gasteiger partial charge in [0.2, 0.25) is 5.91 Å². The van der Waals surface area contributed by atoms with Crippen molar-refractivity contribution in [2.45, 2.75) is 45.1 Å². The zero-order valence-electron chi connectivity index (χ0n) is 16.0. The maximum Gasteiger partial charge on any atom is 0.251 e. The Labute approximate surface area is 161 Å². The predicted octanol–water partition coefficient (Wildman–Crippen LogP) is 4.02. The van der Waals surface area contributed by atoms with Crippen molar-refractivity contribution in [3.8, 4) is 0 Å². The molecular formula is C23H28N2O2. The van der Waals surface area contributed by atoms with Crippen LogP contribution in [0.4, 0.5) is 0 Å². The van der Waals surface area contributed by atoms with Gasteiger partial charge >= 0.3 is 0 Å². The van der Waals surface area contributed by atoms with E-state index in [-0.39, 0.29) is 17.9 Å². The van der Waals surface area contributed by atoms with E-state index in [4.69, 9.17) is 0 Å². The molecule has 27 heavy (non-hydrogen) atoms. The van der Waals surface area contributed by atoms with Gasteiger partial charge in [0.05, 0.1) is 6.04 Å². The fourth-order valence-corrected chi connectivity index (χ4v) is 3.88. The smallest absolute Gasteiger partial charge is 0.251 e. The predicted molar refractivity (Wildman–Crippen MR) is 108 cm³/mol. The van der Waals surface area contributed by atoms with Gasteiger partial charge in [0, 0.05) is 24.2 Å². The SMILES string of the molecule is C=C(CCNC(=O)c1ccccc1)C(=O)N1CCCC1C1=CC(C)=CCC1. The topological polar surface area (TPSA) is 49.4 Å². The normalized spacial score (nSPS) is 19.3. The summed E-state index contributed by atoms with van der Waals surface area (Å²) in [7, 11) is 0. The van der Waals surface area contributed by atoms with Crippen LogP contribution in [0.3, 0.4) is 0 Å². The number of nitrogens with one attached hydrogen (secondary N) is 1. The molecule has 4 nitrogen and oxygen atoms in total. The van der Waals surface area contributed by atoms with E-state index in [1.54, 1.807) is 12.1 Å². The number of benzene rings is 1. The quantitative estimate of drug-likeness (QED) is 0.775. The molecule has 1 heterocycles. The molecule has 2 amide bonds. The first kappa shape index (κ1) is 19.2. The maximum atomic E-state index is 12.9. The Morgan fingerprint density at radius 2 is 2.04 bits per heavy atom. The van der Waals surface area contributed by atoms with Crippen LogP contribution in [0.2, 0.25) is 0 Å². The van der Waals surface area contributed by atoms with Crippen LogP contribution in [-0.4, -0.2) is 35.8 Å². The van der Waals surface area contributed by atoms with Gasteiger partial charge in [0.25, 0.3) is 5.91 Å². The molecule has 1 aliphatic heterocycles. The summed E-state index contributed by atoms with van der Waals surface area (Å²) < 4.78 is 0. The van der Waals surface area contributed by atoms with Crippen LogP contribution in [0, 0.1) is 0 Å². The van der Waals surface area contributed by atoms with Gasteiger partial charge < -0.3 is 10.2 Å². The Hall–Kier alpha value is -2.62. The molecular weight excluding hydrogens is 336 g/mol. The van der Waals surface area contributed by atoms with E-state index in [9.17, 15) is 9.59 Å². The average molecular weight is 364 g/mol. The molecule has 1 fully saturated rings. The third-order valence-corrected chi connectivity index (χ3v) is 5.30. The second kappa shape index (κ2) is 8.85. The molecule has 0 spiro atoms. The fraction of sp³-hybridized carbons (Fsp3) is 0.391. The summed E-state index contributed by atoms with van der Waals surface area (Å²) in [4.78, 5) is 27.0. The van der Waals surface area contributed by atoms with Crippen LogP contribution in [0.25, 0.3) is 0 Å². The number of allylic oxidation sites excluding steroid dienone is 3. The molecule has 0 aromatic heterocycles. The van der Waals surface area contributed by atoms with Crippen LogP contribution in [-0.2, 0) is 4.79 Å². The zero-order chi connectivity index (χ0) is 19.2. The first-order valence-corrected chi connectivity index (χ1v) is 9.75. The molecule has 0 saturated carbocycles. The second-order valence-electron chi connectivity index (χ2n) is 7.34. The fourth-order valence-electron chi connectivity index (χ4n) is 3.88. The summed E-state index contributed by atoms with van der Waals surface area (Å²) in [6.45, 7) is 7.32. The van der Waals surface area contributed by atoms with E-state index in [1.807, 2.05) is 23.1 Å². The number of carbonyl (C=O) groups excluding carboxylic acids is 2. The molecule has 3 rings (SSSR count). The molecule has 0 radical (unpaired) electrons. The van der Waals surface area contributed by atoms with Crippen molar-refractivity contribution < 1.29 is 9.59 Å². The van der Waals surface area contributed by atoms with Crippen molar-refractivity contribution >= 4 is 11.8 Å². The summed E-state index contributed by atoms with van der Waals surface area (Å²) in [5.74, 6) is -0.0934. The number of hydrogen-bond acceptors (Lipinski definition) is 2. The Morgan fingerprint density at radius 3 is 2.78 bits per heavy atom. The van der Waals surface area contributed by atoms with Gasteiger partial charge in [-0.3, -0.25) is 9.59 Å². The summed E-state index contributed by atoms with van der Waals surface area (Å²) in [5.41, 5.74) is 3.85. The molecule has 1 unspecified atom stereocenters. The minimum atomic E-state index is -0.121. The largest absolute Gasteiger partial charge is 0.352 e. The second-order valence-corrected chi connectivity index (χ2v) is 7.34. The van der Waals surface area contributed by atoms with Crippen molar-refractivity contribution in [1.29, 1.82) is 0 Å². The number of amides is 2. The standard InChI is InChI=1S/C23H28N2O2/c1-17-8-6-11-20(16-17)21-12-7-15-25(21)23(27)18(2)13-14-24-22(26)19-9-4-3-5-10-19/h3-5,8-10,16,21H,2,6-7,11-15H2,1H3,(H,24,26). The number of carbonyl (C=O) groups is 2. The molecule has 4 heteroatoms. The minimum absolute atomic E-state index is 0.0274. The van der Waals surface area contributed by atoms with Gasteiger partial charge in [-0.15, -0.1) is 0 Å². The Morgan fingerprint density at radius 1 is 1.26 bits per heavy atom. The van der Waals surface area contributed by atoms with Gasteiger partial charge in [-0.05, 0) is 56.7 Å². The van der Waals surface area contributed by atoms with Gasteiger partial charge in [0.1, 0.15) is 0 Å². The van der Waals surface area contributed by atoms with Crippen molar-refractivity contribution in [3.05, 3.63) is 71.3 Å². The number of likely N-dealkylation sites (tertiary alicyclic amines) is 1. The van der Waals surface area contributed by atoms with Crippen molar-refractivity contribution in [1.82, 2.24) is 10.2 Å². The highest BCUT2D eigenvalue weighted by molar-refractivity contribution is 5.95. The highest BCUT2D eigenvalue weighted by atomic mass is 16.2. The van der Waals surface area contributed by atoms with Gasteiger partial charge in [-0.2, -0.15) is 0 Å². The van der Waals surface area contributed by atoms with Crippen molar-refractivity contribution in [2.24, 2.45) is 0 Å².